The minimum absolute atomic E-state index is 0.0316. The smallest absolute Gasteiger partial charge is 0.294 e. The van der Waals surface area contributed by atoms with Gasteiger partial charge in [0, 0.05) is 11.1 Å². The molecule has 0 heterocycles. The van der Waals surface area contributed by atoms with Gasteiger partial charge in [-0.15, -0.1) is 4.33 Å². The van der Waals surface area contributed by atoms with Gasteiger partial charge in [-0.1, -0.05) is 28.2 Å². The molecular weight excluding hydrogens is 615 g/mol. The van der Waals surface area contributed by atoms with Gasteiger partial charge in [0.25, 0.3) is 10.1 Å². The van der Waals surface area contributed by atoms with Crippen LogP contribution < -0.4 is 9.47 Å². The number of halogens is 2. The van der Waals surface area contributed by atoms with Gasteiger partial charge in [-0.05, 0) is 78.9 Å². The minimum Gasteiger partial charge on any atom is -0.457 e. The highest BCUT2D eigenvalue weighted by Gasteiger charge is 2.22. The van der Waals surface area contributed by atoms with Gasteiger partial charge in [0.15, 0.2) is 0 Å². The Hall–Kier alpha value is -2.85. The van der Waals surface area contributed by atoms with Gasteiger partial charge in [0.2, 0.25) is 9.84 Å². The van der Waals surface area contributed by atoms with E-state index < -0.39 is 20.0 Å². The Bertz CT molecular complexity index is 1690. The van der Waals surface area contributed by atoms with Crippen LogP contribution in [0.5, 0.6) is 23.0 Å². The highest BCUT2D eigenvalue weighted by atomic mass is 35.5. The molecule has 0 fully saturated rings. The second-order valence-electron chi connectivity index (χ2n) is 7.53. The largest absolute Gasteiger partial charge is 0.457 e. The first-order valence-electron chi connectivity index (χ1n) is 10.5. The Morgan fingerprint density at radius 3 is 1.90 bits per heavy atom. The van der Waals surface area contributed by atoms with Crippen molar-refractivity contribution >= 4 is 55.2 Å². The first-order valence-corrected chi connectivity index (χ1v) is 14.9. The van der Waals surface area contributed by atoms with Crippen molar-refractivity contribution in [2.24, 2.45) is 0 Å². The van der Waals surface area contributed by atoms with Crippen molar-refractivity contribution in [3.63, 3.8) is 0 Å². The van der Waals surface area contributed by atoms with Crippen LogP contribution in [0.2, 0.25) is 10.0 Å². The van der Waals surface area contributed by atoms with Crippen LogP contribution >= 0.6 is 35.2 Å². The quantitative estimate of drug-likeness (QED) is 0.0801. The Morgan fingerprint density at radius 2 is 1.28 bits per heavy atom. The van der Waals surface area contributed by atoms with Crippen LogP contribution in [0.25, 0.3) is 0 Å². The van der Waals surface area contributed by atoms with Gasteiger partial charge >= 0.3 is 0 Å². The zero-order valence-corrected chi connectivity index (χ0v) is 23.2. The van der Waals surface area contributed by atoms with Gasteiger partial charge in [-0.2, -0.15) is 8.42 Å². The molecule has 10 nitrogen and oxygen atoms in total. The number of hydrogen-bond donors (Lipinski definition) is 2. The first-order chi connectivity index (χ1) is 18.5. The lowest BCUT2D eigenvalue weighted by atomic mass is 10.3. The lowest BCUT2D eigenvalue weighted by Crippen LogP contribution is -2.03. The summed E-state index contributed by atoms with van der Waals surface area (Å²) in [4.78, 5) is -0.167. The molecule has 0 atom stereocenters. The van der Waals surface area contributed by atoms with Crippen LogP contribution in [-0.4, -0.2) is 26.6 Å². The van der Waals surface area contributed by atoms with E-state index in [1.165, 1.54) is 84.9 Å². The average molecular weight is 631 g/mol. The van der Waals surface area contributed by atoms with Gasteiger partial charge < -0.3 is 9.47 Å². The maximum absolute atomic E-state index is 13.0. The summed E-state index contributed by atoms with van der Waals surface area (Å²) in [6.07, 6.45) is 0. The number of rotatable bonds is 10. The summed E-state index contributed by atoms with van der Waals surface area (Å²) >= 11 is 12.6. The van der Waals surface area contributed by atoms with Gasteiger partial charge in [0.1, 0.15) is 23.0 Å². The maximum atomic E-state index is 13.0. The van der Waals surface area contributed by atoms with E-state index in [9.17, 15) is 16.8 Å². The molecule has 4 rings (SSSR count). The molecule has 0 saturated carbocycles. The second-order valence-corrected chi connectivity index (χ2v) is 12.5. The Labute approximate surface area is 237 Å². The predicted octanol–water partition coefficient (Wildman–Crippen LogP) is 7.09. The van der Waals surface area contributed by atoms with Crippen LogP contribution in [0, 0.1) is 0 Å². The van der Waals surface area contributed by atoms with Crippen molar-refractivity contribution in [3.8, 4) is 23.0 Å². The summed E-state index contributed by atoms with van der Waals surface area (Å²) < 4.78 is 73.6. The van der Waals surface area contributed by atoms with E-state index in [1.54, 1.807) is 0 Å². The number of sulfone groups is 1. The number of ether oxygens (including phenoxy) is 2. The van der Waals surface area contributed by atoms with Crippen molar-refractivity contribution in [3.05, 3.63) is 95.0 Å². The highest BCUT2D eigenvalue weighted by Crippen LogP contribution is 2.38. The molecule has 0 radical (unpaired) electrons. The van der Waals surface area contributed by atoms with E-state index in [1.807, 2.05) is 0 Å². The van der Waals surface area contributed by atoms with Crippen molar-refractivity contribution in [2.45, 2.75) is 19.6 Å². The van der Waals surface area contributed by atoms with E-state index in [-0.39, 0.29) is 47.7 Å². The summed E-state index contributed by atoms with van der Waals surface area (Å²) in [6, 6.07) is 19.3. The SMILES string of the molecule is O=S(=O)(O)c1ccc(Oc2ccc(Oc3ccc(S(=O)(=O)c4cc(Cl)ccc4Cl)cc3)c(SOOO)c2)cc1. The second kappa shape index (κ2) is 12.1. The third-order valence-corrected chi connectivity index (χ3v) is 8.95. The van der Waals surface area contributed by atoms with Crippen LogP contribution in [0.15, 0.2) is 105 Å². The summed E-state index contributed by atoms with van der Waals surface area (Å²) in [6.45, 7) is 0. The van der Waals surface area contributed by atoms with Crippen LogP contribution in [0.4, 0.5) is 0 Å². The summed E-state index contributed by atoms with van der Waals surface area (Å²) in [5, 5.41) is 12.5. The van der Waals surface area contributed by atoms with Crippen LogP contribution in [0.1, 0.15) is 0 Å². The fourth-order valence-electron chi connectivity index (χ4n) is 3.19. The molecule has 4 aromatic carbocycles. The van der Waals surface area contributed by atoms with Crippen molar-refractivity contribution in [1.29, 1.82) is 0 Å². The van der Waals surface area contributed by atoms with Crippen molar-refractivity contribution in [1.82, 2.24) is 0 Å². The summed E-state index contributed by atoms with van der Waals surface area (Å²) in [5.74, 6) is 1.06. The van der Waals surface area contributed by atoms with Crippen molar-refractivity contribution in [2.75, 3.05) is 0 Å². The maximum Gasteiger partial charge on any atom is 0.294 e. The molecule has 0 saturated heterocycles. The molecule has 2 N–H and O–H groups in total. The molecule has 0 amide bonds. The van der Waals surface area contributed by atoms with Gasteiger partial charge in [-0.3, -0.25) is 4.55 Å². The molecular formula is C24H16Cl2O10S3. The topological polar surface area (TPSA) is 146 Å². The minimum atomic E-state index is -4.35. The molecule has 204 valence electrons. The molecule has 0 spiro atoms. The van der Waals surface area contributed by atoms with E-state index in [0.29, 0.717) is 16.9 Å². The highest BCUT2D eigenvalue weighted by molar-refractivity contribution is 7.94. The fourth-order valence-corrected chi connectivity index (χ4v) is 6.15. The molecule has 0 aliphatic carbocycles. The van der Waals surface area contributed by atoms with E-state index in [4.69, 9.17) is 42.5 Å². The van der Waals surface area contributed by atoms with E-state index in [0.717, 1.165) is 0 Å². The van der Waals surface area contributed by atoms with Crippen LogP contribution in [0.3, 0.4) is 0 Å². The zero-order chi connectivity index (χ0) is 28.2. The summed E-state index contributed by atoms with van der Waals surface area (Å²) in [7, 11) is -8.30. The Morgan fingerprint density at radius 1 is 0.692 bits per heavy atom. The standard InChI is InChI=1S/C24H16Cl2O10S3/c25-15-1-11-21(26)24(13-15)38(28,29)19-7-2-17(3-8-19)34-22-12-6-18(14-23(22)37-36-35-27)33-16-4-9-20(10-5-16)39(30,31)32/h1-14,27H,(H,30,31,32). The van der Waals surface area contributed by atoms with Crippen molar-refractivity contribution < 1.29 is 45.5 Å². The zero-order valence-electron chi connectivity index (χ0n) is 19.2. The van der Waals surface area contributed by atoms with E-state index >= 15 is 0 Å². The molecule has 0 aromatic heterocycles. The molecule has 15 heteroatoms. The third-order valence-electron chi connectivity index (χ3n) is 4.97. The molecule has 4 aromatic rings. The average Bonchev–Trinajstić information content (AvgIpc) is 2.90. The van der Waals surface area contributed by atoms with Gasteiger partial charge in [-0.25, -0.2) is 13.7 Å². The third kappa shape index (κ3) is 7.22. The Balaban J connectivity index is 1.55. The number of benzene rings is 4. The molecule has 0 bridgehead atoms. The lowest BCUT2D eigenvalue weighted by molar-refractivity contribution is -0.432. The molecule has 0 aliphatic rings. The summed E-state index contributed by atoms with van der Waals surface area (Å²) in [5.41, 5.74) is 0. The van der Waals surface area contributed by atoms with Gasteiger partial charge in [0.05, 0.1) is 36.6 Å². The monoisotopic (exact) mass is 630 g/mol. The normalized spacial score (nSPS) is 11.8. The lowest BCUT2D eigenvalue weighted by Gasteiger charge is -2.13. The fraction of sp³-hybridized carbons (Fsp3) is 0. The predicted molar refractivity (Wildman–Crippen MR) is 142 cm³/mol. The van der Waals surface area contributed by atoms with E-state index in [2.05, 4.69) is 9.37 Å². The first kappa shape index (κ1) is 29.1. The molecule has 0 unspecified atom stereocenters. The molecule has 0 aliphatic heterocycles. The Kier molecular flexibility index (Phi) is 9.06. The number of hydrogen-bond acceptors (Lipinski definition) is 10. The molecule has 39 heavy (non-hydrogen) atoms. The van der Waals surface area contributed by atoms with Crippen LogP contribution in [-0.2, 0) is 29.3 Å².